The second-order valence-electron chi connectivity index (χ2n) is 6.39. The summed E-state index contributed by atoms with van der Waals surface area (Å²) in [5.74, 6) is 1.29. The highest BCUT2D eigenvalue weighted by atomic mass is 16.5. The molecule has 1 saturated carbocycles. The van der Waals surface area contributed by atoms with E-state index in [4.69, 9.17) is 4.74 Å². The molecule has 1 aliphatic rings. The SMILES string of the molecule is COc1ccc([C@H]2[CH]CC2(c2ccccc2)c2ccccc2)cc1. The zero-order chi connectivity index (χ0) is 16.4. The topological polar surface area (TPSA) is 9.23 Å². The summed E-state index contributed by atoms with van der Waals surface area (Å²) in [5.41, 5.74) is 4.14. The number of methoxy groups -OCH3 is 1. The molecule has 1 radical (unpaired) electrons. The summed E-state index contributed by atoms with van der Waals surface area (Å²) in [5, 5.41) is 0. The van der Waals surface area contributed by atoms with Crippen molar-refractivity contribution in [3.63, 3.8) is 0 Å². The monoisotopic (exact) mass is 313 g/mol. The Bertz CT molecular complexity index is 751. The van der Waals surface area contributed by atoms with Crippen LogP contribution in [0.15, 0.2) is 84.9 Å². The van der Waals surface area contributed by atoms with E-state index in [0.717, 1.165) is 12.2 Å². The number of hydrogen-bond donors (Lipinski definition) is 0. The molecule has 119 valence electrons. The first-order valence-corrected chi connectivity index (χ1v) is 8.43. The Labute approximate surface area is 143 Å². The van der Waals surface area contributed by atoms with Gasteiger partial charge in [0.25, 0.3) is 0 Å². The Morgan fingerprint density at radius 2 is 1.29 bits per heavy atom. The summed E-state index contributed by atoms with van der Waals surface area (Å²) in [4.78, 5) is 0. The third-order valence-electron chi connectivity index (χ3n) is 5.26. The fourth-order valence-electron chi connectivity index (χ4n) is 3.94. The lowest BCUT2D eigenvalue weighted by Gasteiger charge is -2.51. The molecule has 3 aromatic rings. The minimum atomic E-state index is 0.0249. The van der Waals surface area contributed by atoms with Crippen LogP contribution in [0.1, 0.15) is 29.0 Å². The number of benzene rings is 3. The van der Waals surface area contributed by atoms with Crippen molar-refractivity contribution in [3.05, 3.63) is 108 Å². The summed E-state index contributed by atoms with van der Waals surface area (Å²) >= 11 is 0. The van der Waals surface area contributed by atoms with Crippen LogP contribution in [0.5, 0.6) is 5.75 Å². The number of hydrogen-bond acceptors (Lipinski definition) is 1. The Hall–Kier alpha value is -2.54. The Morgan fingerprint density at radius 3 is 1.71 bits per heavy atom. The molecule has 0 N–H and O–H groups in total. The molecule has 4 rings (SSSR count). The van der Waals surface area contributed by atoms with Gasteiger partial charge in [0.15, 0.2) is 0 Å². The van der Waals surface area contributed by atoms with Crippen molar-refractivity contribution >= 4 is 0 Å². The van der Waals surface area contributed by atoms with Gasteiger partial charge in [-0.1, -0.05) is 72.8 Å². The van der Waals surface area contributed by atoms with Crippen molar-refractivity contribution in [2.45, 2.75) is 17.8 Å². The largest absolute Gasteiger partial charge is 0.497 e. The zero-order valence-electron chi connectivity index (χ0n) is 13.9. The maximum Gasteiger partial charge on any atom is 0.118 e. The van der Waals surface area contributed by atoms with E-state index in [1.54, 1.807) is 7.11 Å². The normalized spacial score (nSPS) is 18.6. The zero-order valence-corrected chi connectivity index (χ0v) is 13.9. The highest BCUT2D eigenvalue weighted by Gasteiger charge is 2.49. The van der Waals surface area contributed by atoms with Crippen LogP contribution >= 0.6 is 0 Å². The second-order valence-corrected chi connectivity index (χ2v) is 6.39. The van der Waals surface area contributed by atoms with E-state index in [2.05, 4.69) is 91.3 Å². The van der Waals surface area contributed by atoms with Gasteiger partial charge in [-0.2, -0.15) is 0 Å². The number of rotatable bonds is 4. The highest BCUT2D eigenvalue weighted by Crippen LogP contribution is 2.57. The van der Waals surface area contributed by atoms with Crippen LogP contribution in [0.2, 0.25) is 0 Å². The fraction of sp³-hybridized carbons (Fsp3) is 0.174. The van der Waals surface area contributed by atoms with Crippen molar-refractivity contribution in [2.24, 2.45) is 0 Å². The molecule has 3 aromatic carbocycles. The maximum atomic E-state index is 5.31. The van der Waals surface area contributed by atoms with Gasteiger partial charge >= 0.3 is 0 Å². The first-order valence-electron chi connectivity index (χ1n) is 8.43. The maximum absolute atomic E-state index is 5.31. The standard InChI is InChI=1S/C23H21O/c1-24-21-14-12-18(13-15-21)22-16-17-23(22,19-8-4-2-5-9-19)20-10-6-3-7-11-20/h2-16,22H,17H2,1H3/t22-/m1/s1. The van der Waals surface area contributed by atoms with Crippen LogP contribution in [0.3, 0.4) is 0 Å². The van der Waals surface area contributed by atoms with Gasteiger partial charge in [-0.3, -0.25) is 0 Å². The van der Waals surface area contributed by atoms with Gasteiger partial charge < -0.3 is 4.74 Å². The predicted molar refractivity (Wildman–Crippen MR) is 98.3 cm³/mol. The van der Waals surface area contributed by atoms with E-state index in [1.807, 2.05) is 0 Å². The van der Waals surface area contributed by atoms with Gasteiger partial charge in [0.05, 0.1) is 7.11 Å². The molecule has 1 fully saturated rings. The van der Waals surface area contributed by atoms with Crippen LogP contribution in [0.4, 0.5) is 0 Å². The van der Waals surface area contributed by atoms with Gasteiger partial charge in [-0.15, -0.1) is 0 Å². The molecule has 0 saturated heterocycles. The van der Waals surface area contributed by atoms with Crippen molar-refractivity contribution < 1.29 is 4.74 Å². The smallest absolute Gasteiger partial charge is 0.118 e. The molecule has 0 bridgehead atoms. The van der Waals surface area contributed by atoms with Gasteiger partial charge in [-0.05, 0) is 41.7 Å². The molecule has 0 aliphatic heterocycles. The minimum absolute atomic E-state index is 0.0249. The van der Waals surface area contributed by atoms with Crippen molar-refractivity contribution in [2.75, 3.05) is 7.11 Å². The quantitative estimate of drug-likeness (QED) is 0.629. The summed E-state index contributed by atoms with van der Waals surface area (Å²) in [6.07, 6.45) is 3.50. The van der Waals surface area contributed by atoms with Gasteiger partial charge in [0, 0.05) is 11.3 Å². The lowest BCUT2D eigenvalue weighted by molar-refractivity contribution is 0.331. The summed E-state index contributed by atoms with van der Waals surface area (Å²) in [6, 6.07) is 30.3. The van der Waals surface area contributed by atoms with Crippen LogP contribution in [0.25, 0.3) is 0 Å². The molecule has 1 aliphatic carbocycles. The minimum Gasteiger partial charge on any atom is -0.497 e. The third kappa shape index (κ3) is 2.32. The molecule has 1 atom stereocenters. The molecule has 0 unspecified atom stereocenters. The molecule has 0 amide bonds. The highest BCUT2D eigenvalue weighted by molar-refractivity contribution is 5.52. The van der Waals surface area contributed by atoms with Gasteiger partial charge in [-0.25, -0.2) is 0 Å². The molecular formula is C23H21O. The van der Waals surface area contributed by atoms with Crippen LogP contribution in [0, 0.1) is 6.42 Å². The third-order valence-corrected chi connectivity index (χ3v) is 5.26. The fourth-order valence-corrected chi connectivity index (χ4v) is 3.94. The first-order chi connectivity index (χ1) is 11.8. The van der Waals surface area contributed by atoms with E-state index < -0.39 is 0 Å². The van der Waals surface area contributed by atoms with Crippen LogP contribution < -0.4 is 4.74 Å². The summed E-state index contributed by atoms with van der Waals surface area (Å²) < 4.78 is 5.31. The molecule has 0 spiro atoms. The van der Waals surface area contributed by atoms with Crippen molar-refractivity contribution in [1.82, 2.24) is 0 Å². The van der Waals surface area contributed by atoms with Crippen molar-refractivity contribution in [1.29, 1.82) is 0 Å². The van der Waals surface area contributed by atoms with E-state index in [-0.39, 0.29) is 5.41 Å². The summed E-state index contributed by atoms with van der Waals surface area (Å²) in [7, 11) is 1.71. The Kier molecular flexibility index (Phi) is 3.86. The van der Waals surface area contributed by atoms with Gasteiger partial charge in [0.1, 0.15) is 5.75 Å². The average Bonchev–Trinajstić information content (AvgIpc) is 2.64. The lowest BCUT2D eigenvalue weighted by atomic mass is 9.52. The van der Waals surface area contributed by atoms with E-state index in [9.17, 15) is 0 Å². The van der Waals surface area contributed by atoms with E-state index in [0.29, 0.717) is 5.92 Å². The molecular weight excluding hydrogens is 292 g/mol. The van der Waals surface area contributed by atoms with E-state index >= 15 is 0 Å². The van der Waals surface area contributed by atoms with Crippen LogP contribution in [-0.4, -0.2) is 7.11 Å². The summed E-state index contributed by atoms with van der Waals surface area (Å²) in [6.45, 7) is 0. The molecule has 0 heterocycles. The molecule has 1 heteroatoms. The Balaban J connectivity index is 1.82. The lowest BCUT2D eigenvalue weighted by Crippen LogP contribution is -2.44. The number of ether oxygens (including phenoxy) is 1. The van der Waals surface area contributed by atoms with Gasteiger partial charge in [0.2, 0.25) is 0 Å². The van der Waals surface area contributed by atoms with Crippen LogP contribution in [-0.2, 0) is 5.41 Å². The molecule has 0 aromatic heterocycles. The molecule has 24 heavy (non-hydrogen) atoms. The first kappa shape index (κ1) is 15.0. The second kappa shape index (κ2) is 6.16. The Morgan fingerprint density at radius 1 is 0.750 bits per heavy atom. The van der Waals surface area contributed by atoms with Crippen molar-refractivity contribution in [3.8, 4) is 5.75 Å². The van der Waals surface area contributed by atoms with E-state index in [1.165, 1.54) is 16.7 Å². The molecule has 1 nitrogen and oxygen atoms in total. The predicted octanol–water partition coefficient (Wildman–Crippen LogP) is 5.37. The average molecular weight is 313 g/mol.